The Morgan fingerprint density at radius 2 is 2.11 bits per heavy atom. The van der Waals surface area contributed by atoms with Gasteiger partial charge in [0.2, 0.25) is 0 Å². The van der Waals surface area contributed by atoms with Gasteiger partial charge in [0.15, 0.2) is 6.29 Å². The Bertz CT molecular complexity index is 474. The summed E-state index contributed by atoms with van der Waals surface area (Å²) in [6.07, 6.45) is 6.17. The molecule has 0 radical (unpaired) electrons. The molecule has 1 aromatic rings. The molecule has 3 nitrogen and oxygen atoms in total. The highest BCUT2D eigenvalue weighted by Crippen LogP contribution is 2.41. The van der Waals surface area contributed by atoms with Crippen LogP contribution in [0.3, 0.4) is 0 Å². The SMILES string of the molecule is O=Cc1ccccc1N1CCC2(O)CCCCC2C1. The van der Waals surface area contributed by atoms with E-state index in [0.717, 1.165) is 56.3 Å². The van der Waals surface area contributed by atoms with Crippen molar-refractivity contribution in [3.63, 3.8) is 0 Å². The first-order valence-corrected chi connectivity index (χ1v) is 7.24. The number of hydrogen-bond donors (Lipinski definition) is 1. The number of fused-ring (bicyclic) bond motifs is 1. The van der Waals surface area contributed by atoms with Crippen molar-refractivity contribution in [2.45, 2.75) is 37.7 Å². The van der Waals surface area contributed by atoms with E-state index in [1.54, 1.807) is 0 Å². The lowest BCUT2D eigenvalue weighted by molar-refractivity contribution is -0.0612. The summed E-state index contributed by atoms with van der Waals surface area (Å²) < 4.78 is 0. The summed E-state index contributed by atoms with van der Waals surface area (Å²) in [4.78, 5) is 13.4. The van der Waals surface area contributed by atoms with E-state index in [2.05, 4.69) is 4.90 Å². The molecule has 0 aromatic heterocycles. The molecule has 1 aliphatic carbocycles. The molecule has 2 aliphatic rings. The molecule has 1 aliphatic heterocycles. The average molecular weight is 259 g/mol. The maximum atomic E-state index is 11.1. The number of benzene rings is 1. The van der Waals surface area contributed by atoms with E-state index >= 15 is 0 Å². The van der Waals surface area contributed by atoms with Gasteiger partial charge in [-0.15, -0.1) is 0 Å². The first-order valence-electron chi connectivity index (χ1n) is 7.24. The molecular formula is C16H21NO2. The van der Waals surface area contributed by atoms with Gasteiger partial charge in [-0.2, -0.15) is 0 Å². The van der Waals surface area contributed by atoms with Gasteiger partial charge < -0.3 is 10.0 Å². The highest BCUT2D eigenvalue weighted by atomic mass is 16.3. The van der Waals surface area contributed by atoms with E-state index in [0.29, 0.717) is 5.92 Å². The second-order valence-corrected chi connectivity index (χ2v) is 5.92. The lowest BCUT2D eigenvalue weighted by Crippen LogP contribution is -2.53. The number of nitrogens with zero attached hydrogens (tertiary/aromatic N) is 1. The van der Waals surface area contributed by atoms with E-state index < -0.39 is 5.60 Å². The number of carbonyl (C=O) groups is 1. The summed E-state index contributed by atoms with van der Waals surface area (Å²) in [5.41, 5.74) is 1.32. The number of para-hydroxylation sites is 1. The molecule has 2 fully saturated rings. The summed E-state index contributed by atoms with van der Waals surface area (Å²) in [6, 6.07) is 7.75. The fourth-order valence-corrected chi connectivity index (χ4v) is 3.66. The predicted octanol–water partition coefficient (Wildman–Crippen LogP) is 2.63. The molecule has 19 heavy (non-hydrogen) atoms. The Morgan fingerprint density at radius 1 is 1.26 bits per heavy atom. The normalized spacial score (nSPS) is 30.8. The number of aldehydes is 1. The van der Waals surface area contributed by atoms with Crippen LogP contribution in [0, 0.1) is 5.92 Å². The van der Waals surface area contributed by atoms with Crippen LogP contribution in [0.5, 0.6) is 0 Å². The van der Waals surface area contributed by atoms with Gasteiger partial charge in [-0.1, -0.05) is 25.0 Å². The van der Waals surface area contributed by atoms with Gasteiger partial charge in [0.25, 0.3) is 0 Å². The van der Waals surface area contributed by atoms with Crippen LogP contribution >= 0.6 is 0 Å². The number of hydrogen-bond acceptors (Lipinski definition) is 3. The van der Waals surface area contributed by atoms with Crippen molar-refractivity contribution in [3.8, 4) is 0 Å². The minimum atomic E-state index is -0.453. The number of rotatable bonds is 2. The third kappa shape index (κ3) is 2.27. The number of carbonyl (C=O) groups excluding carboxylic acids is 1. The zero-order chi connectivity index (χ0) is 13.3. The van der Waals surface area contributed by atoms with E-state index in [9.17, 15) is 9.90 Å². The second kappa shape index (κ2) is 4.97. The highest BCUT2D eigenvalue weighted by Gasteiger charge is 2.42. The van der Waals surface area contributed by atoms with Crippen molar-refractivity contribution >= 4 is 12.0 Å². The minimum absolute atomic E-state index is 0.356. The summed E-state index contributed by atoms with van der Waals surface area (Å²) in [5, 5.41) is 10.7. The Balaban J connectivity index is 1.82. The maximum Gasteiger partial charge on any atom is 0.152 e. The first-order chi connectivity index (χ1) is 9.23. The summed E-state index contributed by atoms with van der Waals surface area (Å²) in [6.45, 7) is 1.72. The predicted molar refractivity (Wildman–Crippen MR) is 75.6 cm³/mol. The molecule has 0 spiro atoms. The average Bonchev–Trinajstić information content (AvgIpc) is 2.46. The summed E-state index contributed by atoms with van der Waals surface area (Å²) in [5.74, 6) is 0.356. The first kappa shape index (κ1) is 12.7. The Labute approximate surface area is 114 Å². The fraction of sp³-hybridized carbons (Fsp3) is 0.562. The molecule has 1 saturated carbocycles. The van der Waals surface area contributed by atoms with Crippen molar-refractivity contribution < 1.29 is 9.90 Å². The molecule has 1 N–H and O–H groups in total. The molecule has 2 unspecified atom stereocenters. The fourth-order valence-electron chi connectivity index (χ4n) is 3.66. The standard InChI is InChI=1S/C16H21NO2/c18-12-13-5-1-2-7-15(13)17-10-9-16(19)8-4-3-6-14(16)11-17/h1-2,5,7,12,14,19H,3-4,6,8-11H2. The van der Waals surface area contributed by atoms with E-state index in [1.165, 1.54) is 6.42 Å². The number of piperidine rings is 1. The smallest absolute Gasteiger partial charge is 0.152 e. The molecule has 0 bridgehead atoms. The van der Waals surface area contributed by atoms with Crippen LogP contribution in [-0.4, -0.2) is 30.1 Å². The van der Waals surface area contributed by atoms with Crippen LogP contribution in [0.2, 0.25) is 0 Å². The number of aliphatic hydroxyl groups is 1. The molecule has 0 amide bonds. The van der Waals surface area contributed by atoms with E-state index in [4.69, 9.17) is 0 Å². The molecule has 2 atom stereocenters. The van der Waals surface area contributed by atoms with Gasteiger partial charge in [0.1, 0.15) is 0 Å². The van der Waals surface area contributed by atoms with E-state index in [1.807, 2.05) is 24.3 Å². The number of anilines is 1. The van der Waals surface area contributed by atoms with Crippen molar-refractivity contribution in [1.29, 1.82) is 0 Å². The topological polar surface area (TPSA) is 40.5 Å². The van der Waals surface area contributed by atoms with Gasteiger partial charge in [-0.25, -0.2) is 0 Å². The molecular weight excluding hydrogens is 238 g/mol. The molecule has 1 heterocycles. The van der Waals surface area contributed by atoms with Gasteiger partial charge in [0.05, 0.1) is 5.60 Å². The van der Waals surface area contributed by atoms with Crippen molar-refractivity contribution in [2.24, 2.45) is 5.92 Å². The van der Waals surface area contributed by atoms with Crippen LogP contribution in [-0.2, 0) is 0 Å². The maximum absolute atomic E-state index is 11.1. The summed E-state index contributed by atoms with van der Waals surface area (Å²) in [7, 11) is 0. The van der Waals surface area contributed by atoms with Crippen molar-refractivity contribution in [2.75, 3.05) is 18.0 Å². The Hall–Kier alpha value is -1.35. The Kier molecular flexibility index (Phi) is 3.31. The van der Waals surface area contributed by atoms with Crippen LogP contribution < -0.4 is 4.90 Å². The zero-order valence-electron chi connectivity index (χ0n) is 11.2. The molecule has 3 heteroatoms. The van der Waals surface area contributed by atoms with Crippen LogP contribution in [0.1, 0.15) is 42.5 Å². The van der Waals surface area contributed by atoms with Crippen LogP contribution in [0.15, 0.2) is 24.3 Å². The highest BCUT2D eigenvalue weighted by molar-refractivity contribution is 5.84. The Morgan fingerprint density at radius 3 is 2.95 bits per heavy atom. The zero-order valence-corrected chi connectivity index (χ0v) is 11.2. The molecule has 1 saturated heterocycles. The monoisotopic (exact) mass is 259 g/mol. The molecule has 3 rings (SSSR count). The third-order valence-electron chi connectivity index (χ3n) is 4.83. The van der Waals surface area contributed by atoms with Crippen LogP contribution in [0.25, 0.3) is 0 Å². The lowest BCUT2D eigenvalue weighted by atomic mass is 9.71. The lowest BCUT2D eigenvalue weighted by Gasteiger charge is -2.48. The molecule has 1 aromatic carbocycles. The minimum Gasteiger partial charge on any atom is -0.389 e. The van der Waals surface area contributed by atoms with Gasteiger partial charge in [-0.3, -0.25) is 4.79 Å². The molecule has 102 valence electrons. The van der Waals surface area contributed by atoms with Crippen molar-refractivity contribution in [3.05, 3.63) is 29.8 Å². The van der Waals surface area contributed by atoms with Gasteiger partial charge >= 0.3 is 0 Å². The third-order valence-corrected chi connectivity index (χ3v) is 4.83. The quantitative estimate of drug-likeness (QED) is 0.830. The van der Waals surface area contributed by atoms with Crippen molar-refractivity contribution in [1.82, 2.24) is 0 Å². The largest absolute Gasteiger partial charge is 0.389 e. The van der Waals surface area contributed by atoms with Crippen LogP contribution in [0.4, 0.5) is 5.69 Å². The van der Waals surface area contributed by atoms with Gasteiger partial charge in [-0.05, 0) is 31.4 Å². The van der Waals surface area contributed by atoms with Gasteiger partial charge in [0, 0.05) is 30.3 Å². The summed E-state index contributed by atoms with van der Waals surface area (Å²) >= 11 is 0. The van der Waals surface area contributed by atoms with E-state index in [-0.39, 0.29) is 0 Å². The second-order valence-electron chi connectivity index (χ2n) is 5.92.